The van der Waals surface area contributed by atoms with Crippen LogP contribution in [0.3, 0.4) is 0 Å². The van der Waals surface area contributed by atoms with Gasteiger partial charge in [0.2, 0.25) is 0 Å². The second-order valence-corrected chi connectivity index (χ2v) is 4.15. The van der Waals surface area contributed by atoms with E-state index in [4.69, 9.17) is 4.74 Å². The Labute approximate surface area is 106 Å². The predicted molar refractivity (Wildman–Crippen MR) is 74.4 cm³/mol. The van der Waals surface area contributed by atoms with Crippen molar-refractivity contribution in [2.24, 2.45) is 0 Å². The van der Waals surface area contributed by atoms with Gasteiger partial charge in [-0.15, -0.1) is 0 Å². The predicted octanol–water partition coefficient (Wildman–Crippen LogP) is 4.03. The van der Waals surface area contributed by atoms with E-state index in [9.17, 15) is 0 Å². The SMILES string of the molecule is CCOc1cc2ccccc2n1-c1ccccc1. The van der Waals surface area contributed by atoms with Crippen LogP contribution in [-0.2, 0) is 0 Å². The molecule has 0 unspecified atom stereocenters. The molecule has 0 N–H and O–H groups in total. The molecule has 1 heterocycles. The van der Waals surface area contributed by atoms with Crippen LogP contribution in [0.1, 0.15) is 6.92 Å². The maximum atomic E-state index is 5.74. The van der Waals surface area contributed by atoms with Gasteiger partial charge in [-0.3, -0.25) is 4.57 Å². The second kappa shape index (κ2) is 4.57. The van der Waals surface area contributed by atoms with Crippen LogP contribution in [-0.4, -0.2) is 11.2 Å². The standard InChI is InChI=1S/C16H15NO/c1-2-18-16-12-13-8-6-7-11-15(13)17(16)14-9-4-3-5-10-14/h3-12H,2H2,1H3. The maximum absolute atomic E-state index is 5.74. The average molecular weight is 237 g/mol. The Kier molecular flexibility index (Phi) is 2.77. The van der Waals surface area contributed by atoms with Crippen LogP contribution >= 0.6 is 0 Å². The molecule has 0 aliphatic heterocycles. The fraction of sp³-hybridized carbons (Fsp3) is 0.125. The van der Waals surface area contributed by atoms with Gasteiger partial charge < -0.3 is 4.74 Å². The van der Waals surface area contributed by atoms with Gasteiger partial charge in [0.05, 0.1) is 12.1 Å². The molecule has 2 aromatic carbocycles. The van der Waals surface area contributed by atoms with Gasteiger partial charge in [-0.1, -0.05) is 36.4 Å². The van der Waals surface area contributed by atoms with E-state index in [1.54, 1.807) is 0 Å². The van der Waals surface area contributed by atoms with Crippen LogP contribution in [0.5, 0.6) is 5.88 Å². The van der Waals surface area contributed by atoms with Crippen LogP contribution in [0, 0.1) is 0 Å². The first kappa shape index (κ1) is 10.9. The van der Waals surface area contributed by atoms with Crippen LogP contribution in [0.2, 0.25) is 0 Å². The highest BCUT2D eigenvalue weighted by atomic mass is 16.5. The van der Waals surface area contributed by atoms with Crippen molar-refractivity contribution in [1.29, 1.82) is 0 Å². The molecule has 0 saturated heterocycles. The highest BCUT2D eigenvalue weighted by Gasteiger charge is 2.10. The van der Waals surface area contributed by atoms with E-state index >= 15 is 0 Å². The zero-order chi connectivity index (χ0) is 12.4. The zero-order valence-electron chi connectivity index (χ0n) is 10.3. The van der Waals surface area contributed by atoms with Gasteiger partial charge in [-0.05, 0) is 25.1 Å². The molecule has 18 heavy (non-hydrogen) atoms. The molecular formula is C16H15NO. The summed E-state index contributed by atoms with van der Waals surface area (Å²) < 4.78 is 7.89. The lowest BCUT2D eigenvalue weighted by Gasteiger charge is -2.10. The quantitative estimate of drug-likeness (QED) is 0.670. The molecule has 0 atom stereocenters. The van der Waals surface area contributed by atoms with Gasteiger partial charge in [0.1, 0.15) is 0 Å². The number of rotatable bonds is 3. The summed E-state index contributed by atoms with van der Waals surface area (Å²) in [6.07, 6.45) is 0. The summed E-state index contributed by atoms with van der Waals surface area (Å²) >= 11 is 0. The summed E-state index contributed by atoms with van der Waals surface area (Å²) in [5.41, 5.74) is 2.30. The number of aromatic nitrogens is 1. The van der Waals surface area contributed by atoms with Crippen molar-refractivity contribution in [2.75, 3.05) is 6.61 Å². The molecule has 90 valence electrons. The lowest BCUT2D eigenvalue weighted by Crippen LogP contribution is -2.00. The van der Waals surface area contributed by atoms with E-state index in [0.717, 1.165) is 11.6 Å². The lowest BCUT2D eigenvalue weighted by molar-refractivity contribution is 0.322. The van der Waals surface area contributed by atoms with Crippen LogP contribution in [0.15, 0.2) is 60.7 Å². The molecule has 0 bridgehead atoms. The van der Waals surface area contributed by atoms with Crippen molar-refractivity contribution < 1.29 is 4.74 Å². The third-order valence-corrected chi connectivity index (χ3v) is 2.98. The Morgan fingerprint density at radius 3 is 2.44 bits per heavy atom. The summed E-state index contributed by atoms with van der Waals surface area (Å²) in [5, 5.41) is 1.20. The fourth-order valence-electron chi connectivity index (χ4n) is 2.23. The molecule has 0 radical (unpaired) electrons. The van der Waals surface area contributed by atoms with Crippen LogP contribution < -0.4 is 4.74 Å². The highest BCUT2D eigenvalue weighted by molar-refractivity contribution is 5.84. The molecule has 2 nitrogen and oxygen atoms in total. The molecule has 0 fully saturated rings. The first-order chi connectivity index (χ1) is 8.90. The monoisotopic (exact) mass is 237 g/mol. The number of para-hydroxylation sites is 2. The Hall–Kier alpha value is -2.22. The van der Waals surface area contributed by atoms with Crippen molar-refractivity contribution in [2.45, 2.75) is 6.92 Å². The molecule has 0 spiro atoms. The number of benzene rings is 2. The molecule has 2 heteroatoms. The minimum atomic E-state index is 0.670. The number of hydrogen-bond donors (Lipinski definition) is 0. The molecule has 0 saturated carbocycles. The van der Waals surface area contributed by atoms with Crippen molar-refractivity contribution in [3.8, 4) is 11.6 Å². The van der Waals surface area contributed by atoms with Crippen LogP contribution in [0.25, 0.3) is 16.6 Å². The van der Waals surface area contributed by atoms with Gasteiger partial charge in [0, 0.05) is 17.1 Å². The van der Waals surface area contributed by atoms with E-state index in [-0.39, 0.29) is 0 Å². The number of nitrogens with zero attached hydrogens (tertiary/aromatic N) is 1. The average Bonchev–Trinajstić information content (AvgIpc) is 2.78. The topological polar surface area (TPSA) is 14.2 Å². The molecule has 0 aliphatic rings. The van der Waals surface area contributed by atoms with Gasteiger partial charge >= 0.3 is 0 Å². The molecular weight excluding hydrogens is 222 g/mol. The first-order valence-corrected chi connectivity index (χ1v) is 6.19. The summed E-state index contributed by atoms with van der Waals surface area (Å²) in [4.78, 5) is 0. The van der Waals surface area contributed by atoms with Crippen molar-refractivity contribution in [3.63, 3.8) is 0 Å². The summed E-state index contributed by atoms with van der Waals surface area (Å²) in [5.74, 6) is 0.893. The van der Waals surface area contributed by atoms with E-state index in [1.165, 1.54) is 10.9 Å². The number of hydrogen-bond acceptors (Lipinski definition) is 1. The van der Waals surface area contributed by atoms with Gasteiger partial charge in [0.25, 0.3) is 0 Å². The van der Waals surface area contributed by atoms with E-state index in [1.807, 2.05) is 31.2 Å². The molecule has 3 aromatic rings. The maximum Gasteiger partial charge on any atom is 0.199 e. The van der Waals surface area contributed by atoms with Crippen molar-refractivity contribution >= 4 is 10.9 Å². The Bertz CT molecular complexity index is 655. The van der Waals surface area contributed by atoms with E-state index in [2.05, 4.69) is 41.0 Å². The molecule has 0 aliphatic carbocycles. The zero-order valence-corrected chi connectivity index (χ0v) is 10.3. The molecule has 1 aromatic heterocycles. The third-order valence-electron chi connectivity index (χ3n) is 2.98. The summed E-state index contributed by atoms with van der Waals surface area (Å²) in [6, 6.07) is 20.7. The normalized spacial score (nSPS) is 10.7. The second-order valence-electron chi connectivity index (χ2n) is 4.15. The largest absolute Gasteiger partial charge is 0.479 e. The highest BCUT2D eigenvalue weighted by Crippen LogP contribution is 2.29. The van der Waals surface area contributed by atoms with Gasteiger partial charge in [-0.25, -0.2) is 0 Å². The van der Waals surface area contributed by atoms with Crippen molar-refractivity contribution in [1.82, 2.24) is 4.57 Å². The lowest BCUT2D eigenvalue weighted by atomic mass is 10.2. The summed E-state index contributed by atoms with van der Waals surface area (Å²) in [6.45, 7) is 2.68. The molecule has 3 rings (SSSR count). The smallest absolute Gasteiger partial charge is 0.199 e. The van der Waals surface area contributed by atoms with E-state index < -0.39 is 0 Å². The van der Waals surface area contributed by atoms with E-state index in [0.29, 0.717) is 6.61 Å². The third kappa shape index (κ3) is 1.76. The Balaban J connectivity index is 2.28. The minimum absolute atomic E-state index is 0.670. The number of fused-ring (bicyclic) bond motifs is 1. The van der Waals surface area contributed by atoms with Crippen molar-refractivity contribution in [3.05, 3.63) is 60.7 Å². The van der Waals surface area contributed by atoms with Gasteiger partial charge in [-0.2, -0.15) is 0 Å². The van der Waals surface area contributed by atoms with Crippen LogP contribution in [0.4, 0.5) is 0 Å². The van der Waals surface area contributed by atoms with Gasteiger partial charge in [0.15, 0.2) is 5.88 Å². The summed E-state index contributed by atoms with van der Waals surface area (Å²) in [7, 11) is 0. The number of ether oxygens (including phenoxy) is 1. The Morgan fingerprint density at radius 2 is 1.67 bits per heavy atom. The molecule has 0 amide bonds. The minimum Gasteiger partial charge on any atom is -0.479 e. The first-order valence-electron chi connectivity index (χ1n) is 6.19. The fourth-order valence-corrected chi connectivity index (χ4v) is 2.23. The Morgan fingerprint density at radius 1 is 0.944 bits per heavy atom.